The van der Waals surface area contributed by atoms with E-state index in [2.05, 4.69) is 35.9 Å². The van der Waals surface area contributed by atoms with Crippen LogP contribution in [-0.4, -0.2) is 16.3 Å². The summed E-state index contributed by atoms with van der Waals surface area (Å²) in [5.41, 5.74) is 2.67. The SMILES string of the molecule is CCCCCCCCCCn1ncc(CNCC)c1C. The van der Waals surface area contributed by atoms with Gasteiger partial charge in [0.15, 0.2) is 0 Å². The second-order valence-electron chi connectivity index (χ2n) is 5.73. The van der Waals surface area contributed by atoms with E-state index in [1.807, 2.05) is 6.20 Å². The summed E-state index contributed by atoms with van der Waals surface area (Å²) in [5, 5.41) is 7.87. The van der Waals surface area contributed by atoms with Crippen LogP contribution in [-0.2, 0) is 13.1 Å². The van der Waals surface area contributed by atoms with Gasteiger partial charge in [0.2, 0.25) is 0 Å². The molecule has 1 heterocycles. The minimum absolute atomic E-state index is 0.944. The molecule has 3 heteroatoms. The van der Waals surface area contributed by atoms with Gasteiger partial charge in [-0.05, 0) is 19.9 Å². The van der Waals surface area contributed by atoms with Crippen LogP contribution in [0.5, 0.6) is 0 Å². The lowest BCUT2D eigenvalue weighted by Crippen LogP contribution is -2.12. The summed E-state index contributed by atoms with van der Waals surface area (Å²) in [6.45, 7) is 9.64. The number of nitrogens with zero attached hydrogens (tertiary/aromatic N) is 2. The zero-order valence-corrected chi connectivity index (χ0v) is 13.7. The van der Waals surface area contributed by atoms with Crippen LogP contribution in [0.4, 0.5) is 0 Å². The van der Waals surface area contributed by atoms with Crippen molar-refractivity contribution in [3.8, 4) is 0 Å². The van der Waals surface area contributed by atoms with Crippen molar-refractivity contribution < 1.29 is 0 Å². The highest BCUT2D eigenvalue weighted by atomic mass is 15.3. The minimum atomic E-state index is 0.944. The zero-order chi connectivity index (χ0) is 14.6. The quantitative estimate of drug-likeness (QED) is 0.573. The fraction of sp³-hybridized carbons (Fsp3) is 0.824. The number of hydrogen-bond donors (Lipinski definition) is 1. The van der Waals surface area contributed by atoms with Crippen LogP contribution < -0.4 is 5.32 Å². The third-order valence-corrected chi connectivity index (χ3v) is 3.99. The molecule has 20 heavy (non-hydrogen) atoms. The first kappa shape index (κ1) is 17.2. The van der Waals surface area contributed by atoms with Crippen molar-refractivity contribution in [3.05, 3.63) is 17.5 Å². The molecule has 0 radical (unpaired) electrons. The number of rotatable bonds is 12. The standard InChI is InChI=1S/C17H33N3/c1-4-6-7-8-9-10-11-12-13-20-16(3)17(15-19-20)14-18-5-2/h15,18H,4-14H2,1-3H3. The minimum Gasteiger partial charge on any atom is -0.313 e. The van der Waals surface area contributed by atoms with Gasteiger partial charge in [0.05, 0.1) is 6.20 Å². The Bertz CT molecular complexity index is 344. The number of aromatic nitrogens is 2. The topological polar surface area (TPSA) is 29.9 Å². The fourth-order valence-electron chi connectivity index (χ4n) is 2.54. The molecule has 1 aromatic rings. The Kier molecular flexibility index (Phi) is 9.38. The van der Waals surface area contributed by atoms with E-state index in [4.69, 9.17) is 0 Å². The molecular weight excluding hydrogens is 246 g/mol. The summed E-state index contributed by atoms with van der Waals surface area (Å²) in [4.78, 5) is 0. The molecule has 1 aromatic heterocycles. The first-order valence-electron chi connectivity index (χ1n) is 8.51. The highest BCUT2D eigenvalue weighted by Gasteiger charge is 2.05. The lowest BCUT2D eigenvalue weighted by Gasteiger charge is -2.06. The van der Waals surface area contributed by atoms with Gasteiger partial charge >= 0.3 is 0 Å². The fourth-order valence-corrected chi connectivity index (χ4v) is 2.54. The normalized spacial score (nSPS) is 11.2. The van der Waals surface area contributed by atoms with Gasteiger partial charge in [0.25, 0.3) is 0 Å². The Labute approximate surface area is 125 Å². The summed E-state index contributed by atoms with van der Waals surface area (Å²) in [5.74, 6) is 0. The van der Waals surface area contributed by atoms with Crippen LogP contribution in [0.3, 0.4) is 0 Å². The zero-order valence-electron chi connectivity index (χ0n) is 13.7. The van der Waals surface area contributed by atoms with Gasteiger partial charge < -0.3 is 5.32 Å². The smallest absolute Gasteiger partial charge is 0.0537 e. The van der Waals surface area contributed by atoms with E-state index >= 15 is 0 Å². The lowest BCUT2D eigenvalue weighted by atomic mass is 10.1. The molecule has 1 rings (SSSR count). The predicted octanol–water partition coefficient (Wildman–Crippen LogP) is 4.44. The molecule has 0 unspecified atom stereocenters. The maximum absolute atomic E-state index is 4.50. The van der Waals surface area contributed by atoms with E-state index in [1.54, 1.807) is 0 Å². The van der Waals surface area contributed by atoms with E-state index in [-0.39, 0.29) is 0 Å². The molecule has 0 aliphatic carbocycles. The molecule has 0 saturated heterocycles. The Hall–Kier alpha value is -0.830. The number of hydrogen-bond acceptors (Lipinski definition) is 2. The molecule has 0 aromatic carbocycles. The second-order valence-corrected chi connectivity index (χ2v) is 5.73. The molecule has 0 saturated carbocycles. The molecule has 3 nitrogen and oxygen atoms in total. The molecule has 0 spiro atoms. The van der Waals surface area contributed by atoms with Gasteiger partial charge in [-0.1, -0.05) is 58.8 Å². The van der Waals surface area contributed by atoms with Crippen molar-refractivity contribution in [1.29, 1.82) is 0 Å². The second kappa shape index (κ2) is 10.9. The lowest BCUT2D eigenvalue weighted by molar-refractivity contribution is 0.513. The van der Waals surface area contributed by atoms with E-state index in [9.17, 15) is 0 Å². The summed E-state index contributed by atoms with van der Waals surface area (Å²) >= 11 is 0. The van der Waals surface area contributed by atoms with E-state index < -0.39 is 0 Å². The van der Waals surface area contributed by atoms with Crippen LogP contribution in [0.2, 0.25) is 0 Å². The molecule has 0 aliphatic heterocycles. The first-order chi connectivity index (χ1) is 9.79. The van der Waals surface area contributed by atoms with Crippen LogP contribution in [0.1, 0.15) is 76.5 Å². The monoisotopic (exact) mass is 279 g/mol. The number of nitrogens with one attached hydrogen (secondary N) is 1. The van der Waals surface area contributed by atoms with Crippen molar-refractivity contribution in [3.63, 3.8) is 0 Å². The van der Waals surface area contributed by atoms with Gasteiger partial charge in [-0.25, -0.2) is 0 Å². The number of unbranched alkanes of at least 4 members (excludes halogenated alkanes) is 7. The summed E-state index contributed by atoms with van der Waals surface area (Å²) < 4.78 is 2.17. The maximum atomic E-state index is 4.50. The van der Waals surface area contributed by atoms with Gasteiger partial charge in [-0.2, -0.15) is 5.10 Å². The Morgan fingerprint density at radius 3 is 2.30 bits per heavy atom. The molecule has 0 bridgehead atoms. The van der Waals surface area contributed by atoms with Crippen LogP contribution in [0.15, 0.2) is 6.20 Å². The van der Waals surface area contributed by atoms with Crippen molar-refractivity contribution in [2.45, 2.75) is 85.2 Å². The number of aryl methyl sites for hydroxylation is 1. The van der Waals surface area contributed by atoms with Gasteiger partial charge in [0, 0.05) is 24.3 Å². The van der Waals surface area contributed by atoms with Crippen LogP contribution in [0, 0.1) is 6.92 Å². The molecule has 1 N–H and O–H groups in total. The Morgan fingerprint density at radius 1 is 1.00 bits per heavy atom. The molecule has 0 aliphatic rings. The maximum Gasteiger partial charge on any atom is 0.0537 e. The van der Waals surface area contributed by atoms with Crippen molar-refractivity contribution in [2.24, 2.45) is 0 Å². The largest absolute Gasteiger partial charge is 0.313 e. The third-order valence-electron chi connectivity index (χ3n) is 3.99. The van der Waals surface area contributed by atoms with Crippen molar-refractivity contribution in [2.75, 3.05) is 6.54 Å². The van der Waals surface area contributed by atoms with Crippen molar-refractivity contribution >= 4 is 0 Å². The van der Waals surface area contributed by atoms with Gasteiger partial charge in [-0.3, -0.25) is 4.68 Å². The van der Waals surface area contributed by atoms with Crippen LogP contribution in [0.25, 0.3) is 0 Å². The summed E-state index contributed by atoms with van der Waals surface area (Å²) in [7, 11) is 0. The van der Waals surface area contributed by atoms with Gasteiger partial charge in [-0.15, -0.1) is 0 Å². The van der Waals surface area contributed by atoms with E-state index in [0.717, 1.165) is 19.6 Å². The highest BCUT2D eigenvalue weighted by Crippen LogP contribution is 2.11. The summed E-state index contributed by atoms with van der Waals surface area (Å²) in [6.07, 6.45) is 13.0. The average molecular weight is 279 g/mol. The van der Waals surface area contributed by atoms with Crippen molar-refractivity contribution in [1.82, 2.24) is 15.1 Å². The molecule has 0 fully saturated rings. The molecule has 0 amide bonds. The Morgan fingerprint density at radius 2 is 1.65 bits per heavy atom. The average Bonchev–Trinajstić information content (AvgIpc) is 2.80. The van der Waals surface area contributed by atoms with Gasteiger partial charge in [0.1, 0.15) is 0 Å². The third kappa shape index (κ3) is 6.56. The summed E-state index contributed by atoms with van der Waals surface area (Å²) in [6, 6.07) is 0. The Balaban J connectivity index is 2.11. The predicted molar refractivity (Wildman–Crippen MR) is 87.0 cm³/mol. The highest BCUT2D eigenvalue weighted by molar-refractivity contribution is 5.15. The molecular formula is C17H33N3. The first-order valence-corrected chi connectivity index (χ1v) is 8.51. The van der Waals surface area contributed by atoms with Crippen LogP contribution >= 0.6 is 0 Å². The molecule has 0 atom stereocenters. The van der Waals surface area contributed by atoms with E-state index in [1.165, 1.54) is 62.6 Å². The molecule has 116 valence electrons. The van der Waals surface area contributed by atoms with E-state index in [0.29, 0.717) is 0 Å².